The van der Waals surface area contributed by atoms with Crippen molar-refractivity contribution in [2.24, 2.45) is 0 Å². The van der Waals surface area contributed by atoms with Gasteiger partial charge in [0.2, 0.25) is 0 Å². The van der Waals surface area contributed by atoms with Gasteiger partial charge in [-0.2, -0.15) is 0 Å². The molecule has 0 unspecified atom stereocenters. The molecule has 0 bridgehead atoms. The molecule has 0 spiro atoms. The maximum atomic E-state index is 10.6. The molecule has 3 nitrogen and oxygen atoms in total. The van der Waals surface area contributed by atoms with Crippen molar-refractivity contribution >= 4 is 5.97 Å². The first-order valence-electron chi connectivity index (χ1n) is 5.53. The molecule has 0 aromatic heterocycles. The molecule has 1 atom stereocenters. The second-order valence-electron chi connectivity index (χ2n) is 3.77. The smallest absolute Gasteiger partial charge is 0.302 e. The molecule has 0 aliphatic heterocycles. The van der Waals surface area contributed by atoms with Crippen LogP contribution in [0.4, 0.5) is 0 Å². The Bertz CT molecular complexity index is 308. The van der Waals surface area contributed by atoms with Crippen molar-refractivity contribution < 1.29 is 14.6 Å². The zero-order valence-corrected chi connectivity index (χ0v) is 9.56. The van der Waals surface area contributed by atoms with Gasteiger partial charge in [0, 0.05) is 19.4 Å². The lowest BCUT2D eigenvalue weighted by atomic mass is 9.95. The zero-order chi connectivity index (χ0) is 11.8. The van der Waals surface area contributed by atoms with Crippen molar-refractivity contribution in [3.05, 3.63) is 35.9 Å². The predicted octanol–water partition coefficient (Wildman–Crippen LogP) is 2.11. The second kappa shape index (κ2) is 7.01. The van der Waals surface area contributed by atoms with Gasteiger partial charge in [0.25, 0.3) is 0 Å². The predicted molar refractivity (Wildman–Crippen MR) is 62.1 cm³/mol. The summed E-state index contributed by atoms with van der Waals surface area (Å²) in [5.74, 6) is -0.114. The van der Waals surface area contributed by atoms with Gasteiger partial charge in [-0.1, -0.05) is 30.3 Å². The van der Waals surface area contributed by atoms with E-state index in [0.29, 0.717) is 6.61 Å². The average molecular weight is 222 g/mol. The summed E-state index contributed by atoms with van der Waals surface area (Å²) in [5.41, 5.74) is 1.13. The van der Waals surface area contributed by atoms with Crippen molar-refractivity contribution in [1.29, 1.82) is 0 Å². The van der Waals surface area contributed by atoms with Gasteiger partial charge >= 0.3 is 5.97 Å². The molecule has 88 valence electrons. The number of aliphatic hydroxyl groups excluding tert-OH is 1. The molecule has 1 aromatic rings. The first-order valence-corrected chi connectivity index (χ1v) is 5.53. The lowest BCUT2D eigenvalue weighted by molar-refractivity contribution is -0.141. The molecule has 0 amide bonds. The highest BCUT2D eigenvalue weighted by molar-refractivity contribution is 5.65. The Morgan fingerprint density at radius 1 is 1.38 bits per heavy atom. The number of aliphatic hydroxyl groups is 1. The third-order valence-corrected chi connectivity index (χ3v) is 2.49. The quantitative estimate of drug-likeness (QED) is 0.592. The summed E-state index contributed by atoms with van der Waals surface area (Å²) in [6.45, 7) is 1.96. The highest BCUT2D eigenvalue weighted by Gasteiger charge is 2.09. The topological polar surface area (TPSA) is 46.5 Å². The summed E-state index contributed by atoms with van der Waals surface area (Å²) in [6.07, 6.45) is 1.60. The molecule has 16 heavy (non-hydrogen) atoms. The van der Waals surface area contributed by atoms with Crippen LogP contribution in [-0.4, -0.2) is 24.3 Å². The molecule has 0 radical (unpaired) electrons. The van der Waals surface area contributed by atoms with Gasteiger partial charge in [0.05, 0.1) is 6.61 Å². The van der Waals surface area contributed by atoms with Gasteiger partial charge in [-0.15, -0.1) is 0 Å². The standard InChI is InChI=1S/C13H18O3/c1-11(15)16-9-5-8-13(10-14)12-6-3-2-4-7-12/h2-4,6-7,13-14H,5,8-10H2,1H3/t13-/m0/s1. The lowest BCUT2D eigenvalue weighted by Gasteiger charge is -2.14. The van der Waals surface area contributed by atoms with Crippen LogP contribution in [0.5, 0.6) is 0 Å². The molecule has 0 aliphatic carbocycles. The number of esters is 1. The Balaban J connectivity index is 2.35. The summed E-state index contributed by atoms with van der Waals surface area (Å²) >= 11 is 0. The molecule has 0 fully saturated rings. The number of carbonyl (C=O) groups excluding carboxylic acids is 1. The summed E-state index contributed by atoms with van der Waals surface area (Å²) in [5, 5.41) is 9.28. The van der Waals surface area contributed by atoms with Gasteiger partial charge in [-0.25, -0.2) is 0 Å². The summed E-state index contributed by atoms with van der Waals surface area (Å²) in [7, 11) is 0. The van der Waals surface area contributed by atoms with Crippen LogP contribution in [0.1, 0.15) is 31.2 Å². The molecule has 1 N–H and O–H groups in total. The van der Waals surface area contributed by atoms with E-state index in [1.807, 2.05) is 30.3 Å². The third-order valence-electron chi connectivity index (χ3n) is 2.49. The Hall–Kier alpha value is -1.35. The monoisotopic (exact) mass is 222 g/mol. The van der Waals surface area contributed by atoms with Gasteiger partial charge in [-0.3, -0.25) is 4.79 Å². The summed E-state index contributed by atoms with van der Waals surface area (Å²) < 4.78 is 4.85. The molecule has 1 aromatic carbocycles. The summed E-state index contributed by atoms with van der Waals surface area (Å²) in [4.78, 5) is 10.6. The van der Waals surface area contributed by atoms with E-state index in [1.165, 1.54) is 6.92 Å². The Morgan fingerprint density at radius 3 is 2.62 bits per heavy atom. The molecule has 0 saturated heterocycles. The molecule has 3 heteroatoms. The number of ether oxygens (including phenoxy) is 1. The van der Waals surface area contributed by atoms with E-state index in [9.17, 15) is 9.90 Å². The largest absolute Gasteiger partial charge is 0.466 e. The second-order valence-corrected chi connectivity index (χ2v) is 3.77. The normalized spacial score (nSPS) is 12.1. The molecule has 1 rings (SSSR count). The van der Waals surface area contributed by atoms with Crippen molar-refractivity contribution in [1.82, 2.24) is 0 Å². The van der Waals surface area contributed by atoms with Crippen LogP contribution in [0.15, 0.2) is 30.3 Å². The summed E-state index contributed by atoms with van der Waals surface area (Å²) in [6, 6.07) is 9.89. The van der Waals surface area contributed by atoms with E-state index in [4.69, 9.17) is 4.74 Å². The number of hydrogen-bond donors (Lipinski definition) is 1. The van der Waals surface area contributed by atoms with Crippen LogP contribution in [0.25, 0.3) is 0 Å². The molecule has 0 saturated carbocycles. The van der Waals surface area contributed by atoms with Crippen molar-refractivity contribution in [2.75, 3.05) is 13.2 Å². The van der Waals surface area contributed by atoms with Crippen LogP contribution < -0.4 is 0 Å². The fourth-order valence-electron chi connectivity index (χ4n) is 1.63. The Morgan fingerprint density at radius 2 is 2.06 bits per heavy atom. The maximum absolute atomic E-state index is 10.6. The van der Waals surface area contributed by atoms with E-state index in [1.54, 1.807) is 0 Å². The first-order chi connectivity index (χ1) is 7.74. The van der Waals surface area contributed by atoms with E-state index in [0.717, 1.165) is 18.4 Å². The van der Waals surface area contributed by atoms with Gasteiger partial charge in [0.15, 0.2) is 0 Å². The average Bonchev–Trinajstić information content (AvgIpc) is 2.30. The minimum Gasteiger partial charge on any atom is -0.466 e. The van der Waals surface area contributed by atoms with Gasteiger partial charge in [-0.05, 0) is 18.4 Å². The number of benzene rings is 1. The van der Waals surface area contributed by atoms with Crippen molar-refractivity contribution in [3.8, 4) is 0 Å². The minimum absolute atomic E-state index is 0.129. The Kier molecular flexibility index (Phi) is 5.57. The fourth-order valence-corrected chi connectivity index (χ4v) is 1.63. The van der Waals surface area contributed by atoms with E-state index >= 15 is 0 Å². The highest BCUT2D eigenvalue weighted by Crippen LogP contribution is 2.20. The minimum atomic E-state index is -0.250. The number of hydrogen-bond acceptors (Lipinski definition) is 3. The Labute approximate surface area is 96.1 Å². The number of rotatable bonds is 6. The molecule has 0 aliphatic rings. The molecular formula is C13H18O3. The van der Waals surface area contributed by atoms with Gasteiger partial charge in [0.1, 0.15) is 0 Å². The van der Waals surface area contributed by atoms with Crippen LogP contribution in [0, 0.1) is 0 Å². The van der Waals surface area contributed by atoms with Crippen LogP contribution in [0.3, 0.4) is 0 Å². The van der Waals surface area contributed by atoms with E-state index in [2.05, 4.69) is 0 Å². The zero-order valence-electron chi connectivity index (χ0n) is 9.56. The van der Waals surface area contributed by atoms with Crippen LogP contribution in [0.2, 0.25) is 0 Å². The van der Waals surface area contributed by atoms with E-state index < -0.39 is 0 Å². The molecular weight excluding hydrogens is 204 g/mol. The van der Waals surface area contributed by atoms with Crippen molar-refractivity contribution in [3.63, 3.8) is 0 Å². The first kappa shape index (κ1) is 12.7. The van der Waals surface area contributed by atoms with Crippen molar-refractivity contribution in [2.45, 2.75) is 25.7 Å². The lowest BCUT2D eigenvalue weighted by Crippen LogP contribution is -2.07. The van der Waals surface area contributed by atoms with E-state index in [-0.39, 0.29) is 18.5 Å². The SMILES string of the molecule is CC(=O)OCCC[C@@H](CO)c1ccccc1. The van der Waals surface area contributed by atoms with Gasteiger partial charge < -0.3 is 9.84 Å². The number of carbonyl (C=O) groups is 1. The third kappa shape index (κ3) is 4.45. The maximum Gasteiger partial charge on any atom is 0.302 e. The van der Waals surface area contributed by atoms with Crippen LogP contribution >= 0.6 is 0 Å². The fraction of sp³-hybridized carbons (Fsp3) is 0.462. The molecule has 0 heterocycles. The highest BCUT2D eigenvalue weighted by atomic mass is 16.5. The van der Waals surface area contributed by atoms with Crippen LogP contribution in [-0.2, 0) is 9.53 Å².